The van der Waals surface area contributed by atoms with Crippen molar-refractivity contribution in [3.8, 4) is 5.75 Å². The second-order valence-electron chi connectivity index (χ2n) is 6.00. The van der Waals surface area contributed by atoms with Crippen LogP contribution < -0.4 is 10.1 Å². The molecule has 22 heavy (non-hydrogen) atoms. The number of carbonyl (C=O) groups excluding carboxylic acids is 1. The van der Waals surface area contributed by atoms with Crippen LogP contribution in [0.2, 0.25) is 0 Å². The van der Waals surface area contributed by atoms with Crippen LogP contribution in [0.25, 0.3) is 0 Å². The number of ether oxygens (including phenoxy) is 1. The van der Waals surface area contributed by atoms with Crippen molar-refractivity contribution in [2.75, 3.05) is 46.4 Å². The molecule has 120 valence electrons. The summed E-state index contributed by atoms with van der Waals surface area (Å²) >= 11 is 0. The number of likely N-dealkylation sites (tertiary alicyclic amines) is 1. The molecule has 5 heteroatoms. The van der Waals surface area contributed by atoms with Crippen molar-refractivity contribution >= 4 is 5.91 Å². The predicted octanol–water partition coefficient (Wildman–Crippen LogP) is 1.26. The second-order valence-corrected chi connectivity index (χ2v) is 6.00. The third-order valence-corrected chi connectivity index (χ3v) is 4.58. The minimum absolute atomic E-state index is 0.185. The van der Waals surface area contributed by atoms with Gasteiger partial charge in [-0.2, -0.15) is 0 Å². The van der Waals surface area contributed by atoms with Crippen molar-refractivity contribution in [3.05, 3.63) is 29.8 Å². The summed E-state index contributed by atoms with van der Waals surface area (Å²) in [6.07, 6.45) is 2.25. The molecule has 1 aromatic rings. The Kier molecular flexibility index (Phi) is 4.95. The molecule has 1 N–H and O–H groups in total. The second kappa shape index (κ2) is 7.11. The number of hydrogen-bond acceptors (Lipinski definition) is 4. The van der Waals surface area contributed by atoms with Crippen molar-refractivity contribution in [1.82, 2.24) is 15.1 Å². The van der Waals surface area contributed by atoms with Crippen molar-refractivity contribution in [2.24, 2.45) is 0 Å². The van der Waals surface area contributed by atoms with E-state index in [4.69, 9.17) is 4.74 Å². The van der Waals surface area contributed by atoms with E-state index >= 15 is 0 Å². The van der Waals surface area contributed by atoms with Gasteiger partial charge >= 0.3 is 0 Å². The lowest BCUT2D eigenvalue weighted by atomic mass is 10.0. The number of carbonyl (C=O) groups is 1. The summed E-state index contributed by atoms with van der Waals surface area (Å²) in [5, 5.41) is 3.36. The fourth-order valence-corrected chi connectivity index (χ4v) is 3.37. The Morgan fingerprint density at radius 2 is 1.91 bits per heavy atom. The van der Waals surface area contributed by atoms with E-state index in [1.165, 1.54) is 0 Å². The van der Waals surface area contributed by atoms with E-state index in [0.717, 1.165) is 63.4 Å². The fraction of sp³-hybridized carbons (Fsp3) is 0.588. The smallest absolute Gasteiger partial charge is 0.244 e. The van der Waals surface area contributed by atoms with E-state index in [0.29, 0.717) is 0 Å². The van der Waals surface area contributed by atoms with Crippen LogP contribution in [0, 0.1) is 0 Å². The van der Waals surface area contributed by atoms with Gasteiger partial charge < -0.3 is 15.0 Å². The third kappa shape index (κ3) is 3.25. The molecule has 0 bridgehead atoms. The summed E-state index contributed by atoms with van der Waals surface area (Å²) in [5.41, 5.74) is 1.04. The van der Waals surface area contributed by atoms with Gasteiger partial charge in [-0.1, -0.05) is 12.1 Å². The lowest BCUT2D eigenvalue weighted by molar-refractivity contribution is -0.136. The first-order chi connectivity index (χ1) is 10.8. The lowest BCUT2D eigenvalue weighted by Gasteiger charge is -2.36. The van der Waals surface area contributed by atoms with Crippen LogP contribution in [0.1, 0.15) is 24.4 Å². The van der Waals surface area contributed by atoms with Crippen molar-refractivity contribution in [3.63, 3.8) is 0 Å². The zero-order valence-corrected chi connectivity index (χ0v) is 13.3. The van der Waals surface area contributed by atoms with Gasteiger partial charge in [-0.3, -0.25) is 9.69 Å². The predicted molar refractivity (Wildman–Crippen MR) is 86.0 cm³/mol. The summed E-state index contributed by atoms with van der Waals surface area (Å²) in [5.74, 6) is 1.06. The average molecular weight is 303 g/mol. The Labute approximate surface area is 132 Å². The first kappa shape index (κ1) is 15.3. The Hall–Kier alpha value is -1.59. The van der Waals surface area contributed by atoms with Gasteiger partial charge in [0.2, 0.25) is 5.91 Å². The van der Waals surface area contributed by atoms with E-state index in [-0.39, 0.29) is 11.9 Å². The minimum atomic E-state index is -0.185. The maximum Gasteiger partial charge on any atom is 0.244 e. The van der Waals surface area contributed by atoms with Crippen LogP contribution in [0.5, 0.6) is 5.75 Å². The minimum Gasteiger partial charge on any atom is -0.497 e. The number of hydrogen-bond donors (Lipinski definition) is 1. The van der Waals surface area contributed by atoms with Gasteiger partial charge in [-0.05, 0) is 30.5 Å². The Balaban J connectivity index is 1.88. The van der Waals surface area contributed by atoms with Gasteiger partial charge in [0, 0.05) is 39.3 Å². The summed E-state index contributed by atoms with van der Waals surface area (Å²) in [7, 11) is 1.67. The van der Waals surface area contributed by atoms with Gasteiger partial charge in [-0.15, -0.1) is 0 Å². The molecule has 0 aliphatic carbocycles. The monoisotopic (exact) mass is 303 g/mol. The molecule has 1 unspecified atom stereocenters. The number of nitrogens with one attached hydrogen (secondary N) is 1. The molecule has 2 heterocycles. The average Bonchev–Trinajstić information content (AvgIpc) is 3.11. The van der Waals surface area contributed by atoms with Crippen LogP contribution >= 0.6 is 0 Å². The molecule has 5 nitrogen and oxygen atoms in total. The van der Waals surface area contributed by atoms with Gasteiger partial charge in [0.1, 0.15) is 11.8 Å². The zero-order valence-electron chi connectivity index (χ0n) is 13.3. The van der Waals surface area contributed by atoms with E-state index in [2.05, 4.69) is 10.2 Å². The molecule has 2 aliphatic heterocycles. The van der Waals surface area contributed by atoms with E-state index in [1.54, 1.807) is 7.11 Å². The molecule has 0 spiro atoms. The quantitative estimate of drug-likeness (QED) is 0.910. The molecule has 2 aliphatic rings. The van der Waals surface area contributed by atoms with Gasteiger partial charge in [-0.25, -0.2) is 0 Å². The van der Waals surface area contributed by atoms with E-state index in [9.17, 15) is 4.79 Å². The normalized spacial score (nSPS) is 20.9. The molecular weight excluding hydrogens is 278 g/mol. The van der Waals surface area contributed by atoms with Crippen LogP contribution in [0.3, 0.4) is 0 Å². The molecule has 2 saturated heterocycles. The number of rotatable bonds is 4. The Morgan fingerprint density at radius 3 is 2.59 bits per heavy atom. The summed E-state index contributed by atoms with van der Waals surface area (Å²) in [6.45, 7) is 5.47. The van der Waals surface area contributed by atoms with Crippen LogP contribution in [-0.2, 0) is 4.79 Å². The Morgan fingerprint density at radius 1 is 1.18 bits per heavy atom. The van der Waals surface area contributed by atoms with Crippen molar-refractivity contribution < 1.29 is 9.53 Å². The maximum atomic E-state index is 13.1. The fourth-order valence-electron chi connectivity index (χ4n) is 3.37. The number of nitrogens with zero attached hydrogens (tertiary/aromatic N) is 2. The van der Waals surface area contributed by atoms with Gasteiger partial charge in [0.25, 0.3) is 0 Å². The molecule has 0 saturated carbocycles. The molecule has 3 rings (SSSR count). The van der Waals surface area contributed by atoms with Gasteiger partial charge in [0.05, 0.1) is 7.11 Å². The molecular formula is C17H25N3O2. The van der Waals surface area contributed by atoms with Crippen LogP contribution in [-0.4, -0.2) is 62.1 Å². The molecule has 2 fully saturated rings. The third-order valence-electron chi connectivity index (χ3n) is 4.58. The number of benzene rings is 1. The van der Waals surface area contributed by atoms with Gasteiger partial charge in [0.15, 0.2) is 0 Å². The SMILES string of the molecule is COc1cccc(C(C(=O)N2CCCC2)N2CCNCC2)c1. The zero-order chi connectivity index (χ0) is 15.4. The summed E-state index contributed by atoms with van der Waals surface area (Å²) < 4.78 is 5.34. The lowest BCUT2D eigenvalue weighted by Crippen LogP contribution is -2.49. The van der Waals surface area contributed by atoms with Crippen LogP contribution in [0.15, 0.2) is 24.3 Å². The number of methoxy groups -OCH3 is 1. The van der Waals surface area contributed by atoms with Crippen LogP contribution in [0.4, 0.5) is 0 Å². The highest BCUT2D eigenvalue weighted by Gasteiger charge is 2.33. The maximum absolute atomic E-state index is 13.1. The standard InChI is InChI=1S/C17H25N3O2/c1-22-15-6-4-5-14(13-15)16(19-11-7-18-8-12-19)17(21)20-9-2-3-10-20/h4-6,13,16,18H,2-3,7-12H2,1H3. The number of amides is 1. The molecule has 1 atom stereocenters. The molecule has 1 aromatic carbocycles. The molecule has 0 radical (unpaired) electrons. The topological polar surface area (TPSA) is 44.8 Å². The molecule has 1 amide bonds. The highest BCUT2D eigenvalue weighted by Crippen LogP contribution is 2.28. The van der Waals surface area contributed by atoms with E-state index in [1.807, 2.05) is 29.2 Å². The summed E-state index contributed by atoms with van der Waals surface area (Å²) in [6, 6.07) is 7.76. The van der Waals surface area contributed by atoms with Crippen molar-refractivity contribution in [1.29, 1.82) is 0 Å². The highest BCUT2D eigenvalue weighted by atomic mass is 16.5. The Bertz CT molecular complexity index is 508. The molecule has 0 aromatic heterocycles. The van der Waals surface area contributed by atoms with E-state index < -0.39 is 0 Å². The number of piperazine rings is 1. The largest absolute Gasteiger partial charge is 0.497 e. The summed E-state index contributed by atoms with van der Waals surface area (Å²) in [4.78, 5) is 17.4. The van der Waals surface area contributed by atoms with Crippen molar-refractivity contribution in [2.45, 2.75) is 18.9 Å². The first-order valence-corrected chi connectivity index (χ1v) is 8.17. The first-order valence-electron chi connectivity index (χ1n) is 8.17. The highest BCUT2D eigenvalue weighted by molar-refractivity contribution is 5.83.